The second-order valence-electron chi connectivity index (χ2n) is 6.78. The molecule has 1 atom stereocenters. The van der Waals surface area contributed by atoms with Gasteiger partial charge in [-0.15, -0.1) is 0 Å². The van der Waals surface area contributed by atoms with Gasteiger partial charge in [-0.05, 0) is 48.1 Å². The van der Waals surface area contributed by atoms with Crippen LogP contribution in [0.2, 0.25) is 0 Å². The number of nitrogens with zero attached hydrogens (tertiary/aromatic N) is 1. The lowest BCUT2D eigenvalue weighted by atomic mass is 9.80. The van der Waals surface area contributed by atoms with E-state index in [9.17, 15) is 0 Å². The first-order valence-corrected chi connectivity index (χ1v) is 9.11. The Bertz CT molecular complexity index is 804. The van der Waals surface area contributed by atoms with Crippen molar-refractivity contribution in [3.05, 3.63) is 83.1 Å². The Kier molecular flexibility index (Phi) is 4.47. The fourth-order valence-corrected chi connectivity index (χ4v) is 3.79. The molecule has 126 valence electrons. The standard InChI is InChI=1S/C22H23N3/c23-18-14-12-17(13-15-18)22-20-11-7-2-1-6-10-19(20)21(24-25-22)16-8-4-3-5-9-16/h3-5,8-9,11-15,19,23,25H,1-2,6-7,10H2/b20-11+,22-17?,23-18?. The molecule has 3 heteroatoms. The van der Waals surface area contributed by atoms with Gasteiger partial charge in [0.2, 0.25) is 0 Å². The van der Waals surface area contributed by atoms with Crippen molar-refractivity contribution in [2.24, 2.45) is 11.0 Å². The smallest absolute Gasteiger partial charge is 0.0754 e. The molecule has 0 fully saturated rings. The van der Waals surface area contributed by atoms with Gasteiger partial charge in [-0.1, -0.05) is 61.4 Å². The highest BCUT2D eigenvalue weighted by Gasteiger charge is 2.30. The molecular formula is C22H23N3. The number of nitrogens with one attached hydrogen (secondary N) is 2. The summed E-state index contributed by atoms with van der Waals surface area (Å²) in [7, 11) is 0. The Labute approximate surface area is 149 Å². The lowest BCUT2D eigenvalue weighted by Crippen LogP contribution is -2.31. The summed E-state index contributed by atoms with van der Waals surface area (Å²) < 4.78 is 0. The van der Waals surface area contributed by atoms with Crippen LogP contribution in [-0.4, -0.2) is 11.4 Å². The SMILES string of the molecule is N=C1C=CC(=C2NN=C(c3ccccc3)C3CCCCC/C=C/23)C=C1. The van der Waals surface area contributed by atoms with Crippen molar-refractivity contribution in [2.45, 2.75) is 32.1 Å². The maximum absolute atomic E-state index is 7.72. The van der Waals surface area contributed by atoms with Crippen molar-refractivity contribution in [2.75, 3.05) is 0 Å². The highest BCUT2D eigenvalue weighted by Crippen LogP contribution is 2.35. The Morgan fingerprint density at radius 1 is 0.960 bits per heavy atom. The zero-order valence-corrected chi connectivity index (χ0v) is 14.3. The van der Waals surface area contributed by atoms with Crippen LogP contribution in [0.4, 0.5) is 0 Å². The number of benzene rings is 1. The molecule has 1 aromatic carbocycles. The molecule has 2 N–H and O–H groups in total. The van der Waals surface area contributed by atoms with Crippen LogP contribution in [0.15, 0.2) is 82.7 Å². The molecule has 2 aliphatic carbocycles. The maximum Gasteiger partial charge on any atom is 0.0754 e. The summed E-state index contributed by atoms with van der Waals surface area (Å²) in [5.41, 5.74) is 9.80. The minimum atomic E-state index is 0.342. The van der Waals surface area contributed by atoms with Crippen LogP contribution in [-0.2, 0) is 0 Å². The van der Waals surface area contributed by atoms with Crippen LogP contribution in [0.1, 0.15) is 37.7 Å². The zero-order chi connectivity index (χ0) is 17.1. The second kappa shape index (κ2) is 7.06. The van der Waals surface area contributed by atoms with E-state index in [1.807, 2.05) is 24.3 Å². The largest absolute Gasteiger partial charge is 0.301 e. The van der Waals surface area contributed by atoms with E-state index in [0.717, 1.165) is 29.8 Å². The summed E-state index contributed by atoms with van der Waals surface area (Å²) in [5.74, 6) is 0.342. The lowest BCUT2D eigenvalue weighted by molar-refractivity contribution is 0.564. The predicted octanol–water partition coefficient (Wildman–Crippen LogP) is 4.90. The number of hydrogen-bond acceptors (Lipinski definition) is 3. The van der Waals surface area contributed by atoms with Gasteiger partial charge in [0.15, 0.2) is 0 Å². The minimum Gasteiger partial charge on any atom is -0.301 e. The van der Waals surface area contributed by atoms with E-state index in [0.29, 0.717) is 11.6 Å². The third-order valence-corrected chi connectivity index (χ3v) is 5.09. The fraction of sp³-hybridized carbons (Fsp3) is 0.273. The van der Waals surface area contributed by atoms with Crippen molar-refractivity contribution in [3.8, 4) is 0 Å². The lowest BCUT2D eigenvalue weighted by Gasteiger charge is -2.31. The zero-order valence-electron chi connectivity index (χ0n) is 14.3. The van der Waals surface area contributed by atoms with Gasteiger partial charge in [-0.3, -0.25) is 5.43 Å². The van der Waals surface area contributed by atoms with Crippen LogP contribution in [0, 0.1) is 11.3 Å². The molecule has 1 aliphatic heterocycles. The topological polar surface area (TPSA) is 48.2 Å². The van der Waals surface area contributed by atoms with E-state index in [4.69, 9.17) is 10.5 Å². The molecule has 0 amide bonds. The summed E-state index contributed by atoms with van der Waals surface area (Å²) >= 11 is 0. The van der Waals surface area contributed by atoms with Crippen LogP contribution in [0.3, 0.4) is 0 Å². The van der Waals surface area contributed by atoms with Gasteiger partial charge in [0.25, 0.3) is 0 Å². The normalized spacial score (nSPS) is 25.3. The average Bonchev–Trinajstić information content (AvgIpc) is 2.63. The van der Waals surface area contributed by atoms with Crippen molar-refractivity contribution in [1.29, 1.82) is 5.41 Å². The summed E-state index contributed by atoms with van der Waals surface area (Å²) in [4.78, 5) is 0. The molecule has 3 aliphatic rings. The van der Waals surface area contributed by atoms with E-state index in [-0.39, 0.29) is 0 Å². The monoisotopic (exact) mass is 329 g/mol. The molecule has 0 radical (unpaired) electrons. The molecule has 0 saturated heterocycles. The first-order chi connectivity index (χ1) is 12.3. The number of hydrogen-bond donors (Lipinski definition) is 2. The third kappa shape index (κ3) is 3.27. The number of hydrazone groups is 1. The Hall–Kier alpha value is -2.68. The first kappa shape index (κ1) is 15.8. The molecule has 3 nitrogen and oxygen atoms in total. The second-order valence-corrected chi connectivity index (χ2v) is 6.78. The van der Waals surface area contributed by atoms with E-state index >= 15 is 0 Å². The number of fused-ring (bicyclic) bond motifs is 1. The van der Waals surface area contributed by atoms with E-state index < -0.39 is 0 Å². The minimum absolute atomic E-state index is 0.342. The maximum atomic E-state index is 7.72. The number of allylic oxidation sites excluding steroid dienone is 7. The van der Waals surface area contributed by atoms with Crippen LogP contribution >= 0.6 is 0 Å². The summed E-state index contributed by atoms with van der Waals surface area (Å²) in [6.45, 7) is 0. The summed E-state index contributed by atoms with van der Waals surface area (Å²) in [6, 6.07) is 10.5. The molecule has 0 aromatic heterocycles. The van der Waals surface area contributed by atoms with Gasteiger partial charge in [0.05, 0.1) is 17.1 Å². The molecule has 0 spiro atoms. The summed E-state index contributed by atoms with van der Waals surface area (Å²) in [5, 5.41) is 12.5. The van der Waals surface area contributed by atoms with Gasteiger partial charge < -0.3 is 5.41 Å². The van der Waals surface area contributed by atoms with Crippen LogP contribution in [0.5, 0.6) is 0 Å². The van der Waals surface area contributed by atoms with Gasteiger partial charge in [-0.2, -0.15) is 5.10 Å². The molecule has 25 heavy (non-hydrogen) atoms. The van der Waals surface area contributed by atoms with Crippen LogP contribution < -0.4 is 5.43 Å². The molecule has 1 aromatic rings. The Morgan fingerprint density at radius 2 is 1.76 bits per heavy atom. The van der Waals surface area contributed by atoms with Crippen molar-refractivity contribution >= 4 is 11.4 Å². The van der Waals surface area contributed by atoms with Crippen molar-refractivity contribution in [3.63, 3.8) is 0 Å². The molecule has 0 saturated carbocycles. The van der Waals surface area contributed by atoms with Gasteiger partial charge in [0, 0.05) is 5.92 Å². The molecule has 4 rings (SSSR count). The van der Waals surface area contributed by atoms with E-state index in [1.165, 1.54) is 30.4 Å². The average molecular weight is 329 g/mol. The molecule has 0 bridgehead atoms. The van der Waals surface area contributed by atoms with Gasteiger partial charge in [0.1, 0.15) is 0 Å². The van der Waals surface area contributed by atoms with Crippen molar-refractivity contribution in [1.82, 2.24) is 5.43 Å². The molecule has 1 heterocycles. The summed E-state index contributed by atoms with van der Waals surface area (Å²) in [6.07, 6.45) is 16.2. The van der Waals surface area contributed by atoms with Crippen LogP contribution in [0.25, 0.3) is 0 Å². The Morgan fingerprint density at radius 3 is 2.56 bits per heavy atom. The van der Waals surface area contributed by atoms with E-state index in [1.54, 1.807) is 0 Å². The van der Waals surface area contributed by atoms with Gasteiger partial charge >= 0.3 is 0 Å². The van der Waals surface area contributed by atoms with Gasteiger partial charge in [-0.25, -0.2) is 0 Å². The highest BCUT2D eigenvalue weighted by atomic mass is 15.3. The predicted molar refractivity (Wildman–Crippen MR) is 104 cm³/mol. The molecular weight excluding hydrogens is 306 g/mol. The highest BCUT2D eigenvalue weighted by molar-refractivity contribution is 6.06. The van der Waals surface area contributed by atoms with E-state index in [2.05, 4.69) is 41.8 Å². The van der Waals surface area contributed by atoms with Crippen molar-refractivity contribution < 1.29 is 0 Å². The number of rotatable bonds is 1. The first-order valence-electron chi connectivity index (χ1n) is 9.11. The third-order valence-electron chi connectivity index (χ3n) is 5.09. The molecule has 1 unspecified atom stereocenters. The fourth-order valence-electron chi connectivity index (χ4n) is 3.79. The quantitative estimate of drug-likeness (QED) is 0.756. The Balaban J connectivity index is 1.81.